The highest BCUT2D eigenvalue weighted by Gasteiger charge is 2.18. The summed E-state index contributed by atoms with van der Waals surface area (Å²) in [5.74, 6) is -0.310. The monoisotopic (exact) mass is 264 g/mol. The number of ether oxygens (including phenoxy) is 2. The summed E-state index contributed by atoms with van der Waals surface area (Å²) < 4.78 is 11.0. The van der Waals surface area contributed by atoms with E-state index >= 15 is 0 Å². The fraction of sp³-hybridized carbons (Fsp3) is 0.385. The summed E-state index contributed by atoms with van der Waals surface area (Å²) in [4.78, 5) is 23.6. The fourth-order valence-corrected chi connectivity index (χ4v) is 1.92. The molecule has 1 aliphatic heterocycles. The maximum atomic E-state index is 11.4. The van der Waals surface area contributed by atoms with Gasteiger partial charge in [-0.1, -0.05) is 0 Å². The zero-order valence-corrected chi connectivity index (χ0v) is 10.9. The van der Waals surface area contributed by atoms with Crippen LogP contribution < -0.4 is 15.2 Å². The highest BCUT2D eigenvalue weighted by Crippen LogP contribution is 2.33. The zero-order chi connectivity index (χ0) is 14.0. The van der Waals surface area contributed by atoms with Crippen LogP contribution in [0.1, 0.15) is 11.1 Å². The van der Waals surface area contributed by atoms with E-state index in [0.717, 1.165) is 11.1 Å². The third-order valence-electron chi connectivity index (χ3n) is 2.97. The van der Waals surface area contributed by atoms with Gasteiger partial charge in [0.2, 0.25) is 0 Å². The van der Waals surface area contributed by atoms with Gasteiger partial charge in [0.25, 0.3) is 0 Å². The van der Waals surface area contributed by atoms with E-state index in [2.05, 4.69) is 0 Å². The molecular formula is C13H16N2O4. The van der Waals surface area contributed by atoms with Gasteiger partial charge in [-0.2, -0.15) is 0 Å². The molecule has 0 fully saturated rings. The Bertz CT molecular complexity index is 528. The van der Waals surface area contributed by atoms with Gasteiger partial charge in [-0.15, -0.1) is 0 Å². The number of likely N-dealkylation sites (N-methyl/N-ethyl adjacent to an activating group) is 1. The Balaban J connectivity index is 2.21. The summed E-state index contributed by atoms with van der Waals surface area (Å²) in [5.41, 5.74) is 6.82. The molecule has 0 saturated heterocycles. The molecule has 102 valence electrons. The molecule has 1 aromatic rings. The van der Waals surface area contributed by atoms with Crippen molar-refractivity contribution in [3.8, 4) is 11.5 Å². The Hall–Kier alpha value is -2.24. The Morgan fingerprint density at radius 2 is 1.84 bits per heavy atom. The van der Waals surface area contributed by atoms with E-state index in [0.29, 0.717) is 31.3 Å². The standard InChI is InChI=1S/C13H16N2O4/c1-8-5-10-11(19-4-3-18-10)6-9(8)7-15(2)13(17)12(14)16/h5-6H,3-4,7H2,1-2H3,(H2,14,16). The van der Waals surface area contributed by atoms with Crippen molar-refractivity contribution >= 4 is 11.8 Å². The first-order valence-electron chi connectivity index (χ1n) is 5.93. The predicted molar refractivity (Wildman–Crippen MR) is 67.8 cm³/mol. The number of nitrogens with two attached hydrogens (primary N) is 1. The molecule has 1 aromatic carbocycles. The normalized spacial score (nSPS) is 12.9. The van der Waals surface area contributed by atoms with E-state index < -0.39 is 11.8 Å². The number of rotatable bonds is 2. The van der Waals surface area contributed by atoms with E-state index in [-0.39, 0.29) is 0 Å². The third-order valence-corrected chi connectivity index (χ3v) is 2.97. The minimum absolute atomic E-state index is 0.296. The lowest BCUT2D eigenvalue weighted by Crippen LogP contribution is -2.37. The maximum Gasteiger partial charge on any atom is 0.311 e. The van der Waals surface area contributed by atoms with Crippen LogP contribution in [0.2, 0.25) is 0 Å². The van der Waals surface area contributed by atoms with Crippen LogP contribution in [0, 0.1) is 6.92 Å². The molecule has 0 atom stereocenters. The summed E-state index contributed by atoms with van der Waals surface area (Å²) in [6, 6.07) is 3.70. The molecule has 2 rings (SSSR count). The maximum absolute atomic E-state index is 11.4. The number of primary amides is 1. The van der Waals surface area contributed by atoms with Crippen molar-refractivity contribution in [1.82, 2.24) is 4.90 Å². The van der Waals surface area contributed by atoms with Crippen LogP contribution in [0.15, 0.2) is 12.1 Å². The largest absolute Gasteiger partial charge is 0.486 e. The van der Waals surface area contributed by atoms with Crippen molar-refractivity contribution in [1.29, 1.82) is 0 Å². The van der Waals surface area contributed by atoms with Crippen molar-refractivity contribution in [2.24, 2.45) is 5.73 Å². The van der Waals surface area contributed by atoms with E-state index in [9.17, 15) is 9.59 Å². The molecule has 0 unspecified atom stereocenters. The van der Waals surface area contributed by atoms with Gasteiger partial charge in [0.05, 0.1) is 0 Å². The van der Waals surface area contributed by atoms with Crippen molar-refractivity contribution in [2.45, 2.75) is 13.5 Å². The summed E-state index contributed by atoms with van der Waals surface area (Å²) in [7, 11) is 1.53. The summed E-state index contributed by atoms with van der Waals surface area (Å²) in [5, 5.41) is 0. The van der Waals surface area contributed by atoms with E-state index in [1.54, 1.807) is 0 Å². The van der Waals surface area contributed by atoms with Gasteiger partial charge in [-0.25, -0.2) is 0 Å². The molecule has 0 aromatic heterocycles. The first-order valence-corrected chi connectivity index (χ1v) is 5.93. The van der Waals surface area contributed by atoms with Gasteiger partial charge in [0.1, 0.15) is 13.2 Å². The Morgan fingerprint density at radius 3 is 2.42 bits per heavy atom. The van der Waals surface area contributed by atoms with Crippen molar-refractivity contribution < 1.29 is 19.1 Å². The van der Waals surface area contributed by atoms with Crippen LogP contribution in [0.3, 0.4) is 0 Å². The average Bonchev–Trinajstić information content (AvgIpc) is 2.38. The number of carbonyl (C=O) groups excluding carboxylic acids is 2. The van der Waals surface area contributed by atoms with E-state index in [1.165, 1.54) is 11.9 Å². The van der Waals surface area contributed by atoms with Crippen LogP contribution in [-0.4, -0.2) is 37.0 Å². The molecule has 0 radical (unpaired) electrons. The van der Waals surface area contributed by atoms with Crippen LogP contribution in [0.25, 0.3) is 0 Å². The van der Waals surface area contributed by atoms with Crippen molar-refractivity contribution in [2.75, 3.05) is 20.3 Å². The van der Waals surface area contributed by atoms with Gasteiger partial charge in [0, 0.05) is 13.6 Å². The Morgan fingerprint density at radius 1 is 1.26 bits per heavy atom. The predicted octanol–water partition coefficient (Wildman–Crippen LogP) is 0.210. The second kappa shape index (κ2) is 5.17. The fourth-order valence-electron chi connectivity index (χ4n) is 1.92. The molecule has 2 amide bonds. The molecule has 0 bridgehead atoms. The topological polar surface area (TPSA) is 81.9 Å². The number of hydrogen-bond acceptors (Lipinski definition) is 4. The van der Waals surface area contributed by atoms with Crippen molar-refractivity contribution in [3.05, 3.63) is 23.3 Å². The first kappa shape index (κ1) is 13.2. The van der Waals surface area contributed by atoms with Gasteiger partial charge in [0.15, 0.2) is 11.5 Å². The molecule has 19 heavy (non-hydrogen) atoms. The second-order valence-electron chi connectivity index (χ2n) is 4.45. The number of benzene rings is 1. The van der Waals surface area contributed by atoms with Gasteiger partial charge in [-0.3, -0.25) is 9.59 Å². The second-order valence-corrected chi connectivity index (χ2v) is 4.45. The van der Waals surface area contributed by atoms with Gasteiger partial charge in [-0.05, 0) is 30.2 Å². The number of nitrogens with zero attached hydrogens (tertiary/aromatic N) is 1. The Labute approximate surface area is 111 Å². The van der Waals surface area contributed by atoms with Crippen LogP contribution >= 0.6 is 0 Å². The number of aryl methyl sites for hydroxylation is 1. The molecule has 1 aliphatic rings. The summed E-state index contributed by atoms with van der Waals surface area (Å²) in [6.07, 6.45) is 0. The van der Waals surface area contributed by atoms with Gasteiger partial charge >= 0.3 is 11.8 Å². The van der Waals surface area contributed by atoms with E-state index in [4.69, 9.17) is 15.2 Å². The van der Waals surface area contributed by atoms with Gasteiger partial charge < -0.3 is 20.1 Å². The first-order chi connectivity index (χ1) is 8.99. The lowest BCUT2D eigenvalue weighted by atomic mass is 10.1. The van der Waals surface area contributed by atoms with Crippen LogP contribution in [-0.2, 0) is 16.1 Å². The van der Waals surface area contributed by atoms with E-state index in [1.807, 2.05) is 19.1 Å². The quantitative estimate of drug-likeness (QED) is 0.774. The minimum Gasteiger partial charge on any atom is -0.486 e. The highest BCUT2D eigenvalue weighted by atomic mass is 16.6. The smallest absolute Gasteiger partial charge is 0.311 e. The molecule has 2 N–H and O–H groups in total. The molecular weight excluding hydrogens is 248 g/mol. The molecule has 0 aliphatic carbocycles. The van der Waals surface area contributed by atoms with Crippen molar-refractivity contribution in [3.63, 3.8) is 0 Å². The third kappa shape index (κ3) is 2.78. The molecule has 6 heteroatoms. The molecule has 0 saturated carbocycles. The van der Waals surface area contributed by atoms with Crippen LogP contribution in [0.5, 0.6) is 11.5 Å². The lowest BCUT2D eigenvalue weighted by Gasteiger charge is -2.22. The van der Waals surface area contributed by atoms with Crippen LogP contribution in [0.4, 0.5) is 0 Å². The zero-order valence-electron chi connectivity index (χ0n) is 10.9. The number of hydrogen-bond donors (Lipinski definition) is 1. The highest BCUT2D eigenvalue weighted by molar-refractivity contribution is 6.34. The lowest BCUT2D eigenvalue weighted by molar-refractivity contribution is -0.143. The number of carbonyl (C=O) groups is 2. The molecule has 6 nitrogen and oxygen atoms in total. The summed E-state index contributed by atoms with van der Waals surface area (Å²) >= 11 is 0. The average molecular weight is 264 g/mol. The molecule has 0 spiro atoms. The molecule has 1 heterocycles. The number of amides is 2. The number of fused-ring (bicyclic) bond motifs is 1. The minimum atomic E-state index is -0.960. The SMILES string of the molecule is Cc1cc2c(cc1CN(C)C(=O)C(N)=O)OCCO2. The Kier molecular flexibility index (Phi) is 3.59. The summed E-state index contributed by atoms with van der Waals surface area (Å²) in [6.45, 7) is 3.25.